The summed E-state index contributed by atoms with van der Waals surface area (Å²) in [5.41, 5.74) is 3.92. The van der Waals surface area contributed by atoms with Crippen LogP contribution in [0.25, 0.3) is 22.2 Å². The van der Waals surface area contributed by atoms with E-state index in [1.165, 1.54) is 0 Å². The summed E-state index contributed by atoms with van der Waals surface area (Å²) in [5.74, 6) is 0.284. The highest BCUT2D eigenvalue weighted by Gasteiger charge is 2.22. The Labute approximate surface area is 156 Å². The van der Waals surface area contributed by atoms with Gasteiger partial charge in [-0.05, 0) is 17.7 Å². The number of rotatable bonds is 4. The zero-order chi connectivity index (χ0) is 18.8. The predicted octanol–water partition coefficient (Wildman–Crippen LogP) is 3.85. The Kier molecular flexibility index (Phi) is 4.27. The molecule has 27 heavy (non-hydrogen) atoms. The summed E-state index contributed by atoms with van der Waals surface area (Å²) in [6, 6.07) is 19.6. The van der Waals surface area contributed by atoms with Gasteiger partial charge in [0, 0.05) is 6.42 Å². The van der Waals surface area contributed by atoms with Crippen molar-refractivity contribution < 1.29 is 4.79 Å². The summed E-state index contributed by atoms with van der Waals surface area (Å²) in [6.07, 6.45) is 0.320. The largest absolute Gasteiger partial charge is 0.311 e. The second kappa shape index (κ2) is 6.89. The molecule has 6 nitrogen and oxygen atoms in total. The minimum absolute atomic E-state index is 0.159. The van der Waals surface area contributed by atoms with Crippen LogP contribution in [-0.4, -0.2) is 20.4 Å². The van der Waals surface area contributed by atoms with Gasteiger partial charge in [0.05, 0.1) is 17.6 Å². The Balaban J connectivity index is 2.01. The third-order valence-electron chi connectivity index (χ3n) is 4.43. The minimum atomic E-state index is -0.159. The maximum atomic E-state index is 12.1. The van der Waals surface area contributed by atoms with E-state index in [0.29, 0.717) is 41.0 Å². The van der Waals surface area contributed by atoms with Gasteiger partial charge in [-0.25, -0.2) is 9.97 Å². The quantitative estimate of drug-likeness (QED) is 0.602. The van der Waals surface area contributed by atoms with Crippen molar-refractivity contribution in [3.8, 4) is 6.07 Å². The Bertz CT molecular complexity index is 1190. The second-order valence-corrected chi connectivity index (χ2v) is 6.19. The van der Waals surface area contributed by atoms with E-state index in [0.717, 1.165) is 11.1 Å². The van der Waals surface area contributed by atoms with Gasteiger partial charge in [-0.15, -0.1) is 0 Å². The number of carbonyl (C=O) groups is 1. The molecule has 0 aliphatic rings. The first-order valence-electron chi connectivity index (χ1n) is 8.74. The van der Waals surface area contributed by atoms with Crippen molar-refractivity contribution in [2.45, 2.75) is 19.9 Å². The predicted molar refractivity (Wildman–Crippen MR) is 104 cm³/mol. The van der Waals surface area contributed by atoms with Crippen LogP contribution in [0.4, 0.5) is 5.82 Å². The number of nitrogens with one attached hydrogen (secondary N) is 1. The molecule has 132 valence electrons. The number of carbonyl (C=O) groups excluding carboxylic acids is 1. The fourth-order valence-corrected chi connectivity index (χ4v) is 3.08. The lowest BCUT2D eigenvalue weighted by atomic mass is 10.2. The van der Waals surface area contributed by atoms with Gasteiger partial charge in [-0.1, -0.05) is 49.4 Å². The first kappa shape index (κ1) is 16.7. The Morgan fingerprint density at radius 2 is 1.74 bits per heavy atom. The van der Waals surface area contributed by atoms with E-state index in [9.17, 15) is 10.1 Å². The number of fused-ring (bicyclic) bond motifs is 2. The summed E-state index contributed by atoms with van der Waals surface area (Å²) >= 11 is 0. The number of hydrogen-bond donors (Lipinski definition) is 1. The molecule has 0 spiro atoms. The van der Waals surface area contributed by atoms with Crippen LogP contribution in [0, 0.1) is 11.3 Å². The molecule has 0 radical (unpaired) electrons. The average molecular weight is 355 g/mol. The van der Waals surface area contributed by atoms with Crippen LogP contribution in [-0.2, 0) is 11.3 Å². The SMILES string of the molecule is CCC(=O)Nc1c(C#N)c2nc3ccccc3nc2n1Cc1ccccc1. The zero-order valence-electron chi connectivity index (χ0n) is 14.8. The van der Waals surface area contributed by atoms with E-state index in [2.05, 4.69) is 16.4 Å². The average Bonchev–Trinajstić information content (AvgIpc) is 2.98. The van der Waals surface area contributed by atoms with Crippen LogP contribution < -0.4 is 5.32 Å². The Morgan fingerprint density at radius 1 is 1.07 bits per heavy atom. The van der Waals surface area contributed by atoms with Gasteiger partial charge in [0.1, 0.15) is 23.0 Å². The monoisotopic (exact) mass is 355 g/mol. The van der Waals surface area contributed by atoms with Crippen molar-refractivity contribution in [1.82, 2.24) is 14.5 Å². The smallest absolute Gasteiger partial charge is 0.225 e. The fourth-order valence-electron chi connectivity index (χ4n) is 3.08. The molecule has 0 bridgehead atoms. The molecule has 6 heteroatoms. The van der Waals surface area contributed by atoms with Crippen molar-refractivity contribution in [3.05, 3.63) is 65.7 Å². The van der Waals surface area contributed by atoms with E-state index in [4.69, 9.17) is 4.98 Å². The molecule has 0 fully saturated rings. The van der Waals surface area contributed by atoms with Gasteiger partial charge >= 0.3 is 0 Å². The number of para-hydroxylation sites is 2. The highest BCUT2D eigenvalue weighted by molar-refractivity contribution is 5.98. The molecule has 2 aromatic heterocycles. The topological polar surface area (TPSA) is 83.6 Å². The standard InChI is InChI=1S/C21H17N5O/c1-2-18(27)25-20-15(12-22)19-21(24-17-11-7-6-10-16(17)23-19)26(20)13-14-8-4-3-5-9-14/h3-11H,2,13H2,1H3,(H,25,27). The molecule has 0 atom stereocenters. The number of benzene rings is 2. The summed E-state index contributed by atoms with van der Waals surface area (Å²) in [7, 11) is 0. The summed E-state index contributed by atoms with van der Waals surface area (Å²) in [4.78, 5) is 21.5. The normalized spacial score (nSPS) is 10.8. The van der Waals surface area contributed by atoms with Crippen molar-refractivity contribution in [2.75, 3.05) is 5.32 Å². The molecule has 0 saturated heterocycles. The molecule has 4 aromatic rings. The summed E-state index contributed by atoms with van der Waals surface area (Å²) in [6.45, 7) is 2.25. The van der Waals surface area contributed by atoms with Crippen LogP contribution in [0.1, 0.15) is 24.5 Å². The fraction of sp³-hybridized carbons (Fsp3) is 0.143. The van der Waals surface area contributed by atoms with Gasteiger partial charge in [0.15, 0.2) is 5.65 Å². The van der Waals surface area contributed by atoms with Gasteiger partial charge in [0.25, 0.3) is 0 Å². The first-order chi connectivity index (χ1) is 13.2. The van der Waals surface area contributed by atoms with Crippen molar-refractivity contribution in [3.63, 3.8) is 0 Å². The van der Waals surface area contributed by atoms with Gasteiger partial charge in [0.2, 0.25) is 5.91 Å². The first-order valence-corrected chi connectivity index (χ1v) is 8.74. The molecule has 0 aliphatic carbocycles. The van der Waals surface area contributed by atoms with Crippen molar-refractivity contribution >= 4 is 33.9 Å². The third-order valence-corrected chi connectivity index (χ3v) is 4.43. The number of anilines is 1. The van der Waals surface area contributed by atoms with E-state index in [1.807, 2.05) is 59.2 Å². The van der Waals surface area contributed by atoms with E-state index in [-0.39, 0.29) is 5.91 Å². The van der Waals surface area contributed by atoms with Crippen molar-refractivity contribution in [2.24, 2.45) is 0 Å². The number of hydrogen-bond acceptors (Lipinski definition) is 4. The van der Waals surface area contributed by atoms with Gasteiger partial charge in [-0.3, -0.25) is 4.79 Å². The molecule has 2 aromatic carbocycles. The number of nitriles is 1. The maximum absolute atomic E-state index is 12.1. The van der Waals surface area contributed by atoms with Crippen LogP contribution in [0.5, 0.6) is 0 Å². The third kappa shape index (κ3) is 3.00. The molecule has 0 saturated carbocycles. The summed E-state index contributed by atoms with van der Waals surface area (Å²) < 4.78 is 1.86. The summed E-state index contributed by atoms with van der Waals surface area (Å²) in [5, 5.41) is 12.6. The van der Waals surface area contributed by atoms with Crippen LogP contribution in [0.15, 0.2) is 54.6 Å². The molecular formula is C21H17N5O. The maximum Gasteiger partial charge on any atom is 0.225 e. The molecule has 2 heterocycles. The number of amides is 1. The lowest BCUT2D eigenvalue weighted by Gasteiger charge is -2.11. The zero-order valence-corrected chi connectivity index (χ0v) is 14.8. The molecule has 1 amide bonds. The van der Waals surface area contributed by atoms with Crippen LogP contribution in [0.2, 0.25) is 0 Å². The Morgan fingerprint density at radius 3 is 2.41 bits per heavy atom. The second-order valence-electron chi connectivity index (χ2n) is 6.19. The molecule has 1 N–H and O–H groups in total. The molecule has 0 unspecified atom stereocenters. The lowest BCUT2D eigenvalue weighted by molar-refractivity contribution is -0.115. The van der Waals surface area contributed by atoms with Crippen molar-refractivity contribution in [1.29, 1.82) is 5.26 Å². The number of nitrogens with zero attached hydrogens (tertiary/aromatic N) is 4. The highest BCUT2D eigenvalue weighted by Crippen LogP contribution is 2.30. The molecular weight excluding hydrogens is 338 g/mol. The van der Waals surface area contributed by atoms with Crippen LogP contribution in [0.3, 0.4) is 0 Å². The van der Waals surface area contributed by atoms with E-state index in [1.54, 1.807) is 6.92 Å². The Hall–Kier alpha value is -3.72. The van der Waals surface area contributed by atoms with Crippen LogP contribution >= 0.6 is 0 Å². The number of aromatic nitrogens is 3. The van der Waals surface area contributed by atoms with E-state index >= 15 is 0 Å². The minimum Gasteiger partial charge on any atom is -0.311 e. The van der Waals surface area contributed by atoms with E-state index < -0.39 is 0 Å². The molecule has 4 rings (SSSR count). The molecule has 0 aliphatic heterocycles. The lowest BCUT2D eigenvalue weighted by Crippen LogP contribution is -2.15. The highest BCUT2D eigenvalue weighted by atomic mass is 16.1. The van der Waals surface area contributed by atoms with Gasteiger partial charge < -0.3 is 9.88 Å². The van der Waals surface area contributed by atoms with Gasteiger partial charge in [-0.2, -0.15) is 5.26 Å².